The van der Waals surface area contributed by atoms with E-state index in [2.05, 4.69) is 0 Å². The second-order valence-corrected chi connectivity index (χ2v) is 5.70. The van der Waals surface area contributed by atoms with Crippen molar-refractivity contribution < 1.29 is 34.8 Å². The van der Waals surface area contributed by atoms with Crippen molar-refractivity contribution in [2.45, 2.75) is 6.92 Å². The first kappa shape index (κ1) is 19.6. The number of methoxy groups -OCH3 is 1. The number of rotatable bonds is 6. The molecule has 0 aromatic heterocycles. The third kappa shape index (κ3) is 4.66. The fourth-order valence-electron chi connectivity index (χ4n) is 2.44. The van der Waals surface area contributed by atoms with Crippen molar-refractivity contribution in [3.8, 4) is 17.2 Å². The Balaban J connectivity index is 2.66. The molecule has 2 rings (SSSR count). The second-order valence-electron chi connectivity index (χ2n) is 5.70. The molecule has 0 aliphatic carbocycles. The van der Waals surface area contributed by atoms with Gasteiger partial charge in [-0.1, -0.05) is 6.07 Å². The maximum Gasteiger partial charge on any atom is 0.336 e. The van der Waals surface area contributed by atoms with Crippen LogP contribution in [0.15, 0.2) is 36.4 Å². The Hall–Kier alpha value is -3.74. The zero-order chi connectivity index (χ0) is 20.1. The monoisotopic (exact) mass is 370 g/mol. The minimum absolute atomic E-state index is 0.00609. The van der Waals surface area contributed by atoms with Crippen molar-refractivity contribution in [3.63, 3.8) is 0 Å². The summed E-state index contributed by atoms with van der Waals surface area (Å²) in [5.74, 6) is -2.76. The van der Waals surface area contributed by atoms with E-state index in [-0.39, 0.29) is 28.4 Å². The van der Waals surface area contributed by atoms with Crippen molar-refractivity contribution in [1.82, 2.24) is 0 Å². The molecule has 0 fully saturated rings. The molecule has 2 aromatic rings. The summed E-state index contributed by atoms with van der Waals surface area (Å²) in [5, 5.41) is 38.4. The van der Waals surface area contributed by atoms with Gasteiger partial charge in [0.1, 0.15) is 5.75 Å². The SMILES string of the molecule is COc1cc(/C=C/C(=O)O)cc(/C(=C/c2ccc(O)c(C)c2)C(=O)O)c1O. The summed E-state index contributed by atoms with van der Waals surface area (Å²) < 4.78 is 5.06. The van der Waals surface area contributed by atoms with Crippen LogP contribution in [-0.4, -0.2) is 39.5 Å². The van der Waals surface area contributed by atoms with Gasteiger partial charge in [0.25, 0.3) is 0 Å². The van der Waals surface area contributed by atoms with Crippen LogP contribution in [-0.2, 0) is 9.59 Å². The number of phenols is 2. The van der Waals surface area contributed by atoms with Crippen LogP contribution in [0, 0.1) is 6.92 Å². The summed E-state index contributed by atoms with van der Waals surface area (Å²) in [6.07, 6.45) is 3.50. The van der Waals surface area contributed by atoms with Gasteiger partial charge in [0.2, 0.25) is 0 Å². The molecule has 7 nitrogen and oxygen atoms in total. The van der Waals surface area contributed by atoms with Crippen LogP contribution < -0.4 is 4.74 Å². The summed E-state index contributed by atoms with van der Waals surface area (Å²) in [4.78, 5) is 22.5. The summed E-state index contributed by atoms with van der Waals surface area (Å²) in [6.45, 7) is 1.67. The highest BCUT2D eigenvalue weighted by molar-refractivity contribution is 6.21. The van der Waals surface area contributed by atoms with Crippen molar-refractivity contribution in [3.05, 3.63) is 58.7 Å². The minimum Gasteiger partial charge on any atom is -0.508 e. The predicted molar refractivity (Wildman–Crippen MR) is 99.7 cm³/mol. The van der Waals surface area contributed by atoms with Gasteiger partial charge >= 0.3 is 11.9 Å². The highest BCUT2D eigenvalue weighted by atomic mass is 16.5. The fourth-order valence-corrected chi connectivity index (χ4v) is 2.44. The Bertz CT molecular complexity index is 955. The molecule has 7 heteroatoms. The van der Waals surface area contributed by atoms with Gasteiger partial charge in [-0.25, -0.2) is 9.59 Å². The molecule has 0 aliphatic rings. The average Bonchev–Trinajstić information content (AvgIpc) is 2.61. The Labute approximate surface area is 155 Å². The van der Waals surface area contributed by atoms with E-state index >= 15 is 0 Å². The van der Waals surface area contributed by atoms with E-state index in [1.54, 1.807) is 13.0 Å². The molecule has 0 radical (unpaired) electrons. The van der Waals surface area contributed by atoms with Gasteiger partial charge in [0.05, 0.1) is 12.7 Å². The van der Waals surface area contributed by atoms with Gasteiger partial charge in [-0.05, 0) is 60.0 Å². The van der Waals surface area contributed by atoms with E-state index in [9.17, 15) is 24.9 Å². The molecule has 27 heavy (non-hydrogen) atoms. The molecular formula is C20H18O7. The third-order valence-corrected chi connectivity index (χ3v) is 3.79. The third-order valence-electron chi connectivity index (χ3n) is 3.79. The highest BCUT2D eigenvalue weighted by Crippen LogP contribution is 2.37. The largest absolute Gasteiger partial charge is 0.508 e. The zero-order valence-corrected chi connectivity index (χ0v) is 14.6. The summed E-state index contributed by atoms with van der Waals surface area (Å²) >= 11 is 0. The van der Waals surface area contributed by atoms with E-state index < -0.39 is 11.9 Å². The number of aryl methyl sites for hydroxylation is 1. The molecule has 0 aliphatic heterocycles. The van der Waals surface area contributed by atoms with Gasteiger partial charge in [0.15, 0.2) is 11.5 Å². The van der Waals surface area contributed by atoms with Crippen LogP contribution in [0.25, 0.3) is 17.7 Å². The lowest BCUT2D eigenvalue weighted by molar-refractivity contribution is -0.131. The van der Waals surface area contributed by atoms with E-state index in [4.69, 9.17) is 9.84 Å². The molecule has 0 spiro atoms. The Morgan fingerprint density at radius 3 is 2.30 bits per heavy atom. The Morgan fingerprint density at radius 2 is 1.74 bits per heavy atom. The average molecular weight is 370 g/mol. The predicted octanol–water partition coefficient (Wildman–Crippen LogP) is 3.14. The van der Waals surface area contributed by atoms with E-state index in [0.717, 1.165) is 6.08 Å². The van der Waals surface area contributed by atoms with Crippen molar-refractivity contribution in [2.24, 2.45) is 0 Å². The molecule has 0 amide bonds. The van der Waals surface area contributed by atoms with Crippen LogP contribution in [0.2, 0.25) is 0 Å². The van der Waals surface area contributed by atoms with Crippen LogP contribution >= 0.6 is 0 Å². The number of ether oxygens (including phenoxy) is 1. The first-order chi connectivity index (χ1) is 12.7. The molecule has 0 saturated carbocycles. The Kier molecular flexibility index (Phi) is 5.87. The number of hydrogen-bond donors (Lipinski definition) is 4. The van der Waals surface area contributed by atoms with Crippen molar-refractivity contribution in [2.75, 3.05) is 7.11 Å². The first-order valence-electron chi connectivity index (χ1n) is 7.80. The molecular weight excluding hydrogens is 352 g/mol. The zero-order valence-electron chi connectivity index (χ0n) is 14.6. The quantitative estimate of drug-likeness (QED) is 0.455. The van der Waals surface area contributed by atoms with E-state index in [0.29, 0.717) is 16.7 Å². The van der Waals surface area contributed by atoms with Crippen LogP contribution in [0.1, 0.15) is 22.3 Å². The van der Waals surface area contributed by atoms with Gasteiger partial charge < -0.3 is 25.2 Å². The number of benzene rings is 2. The molecule has 2 aromatic carbocycles. The number of carbonyl (C=O) groups is 2. The van der Waals surface area contributed by atoms with E-state index in [1.807, 2.05) is 0 Å². The molecule has 0 bridgehead atoms. The topological polar surface area (TPSA) is 124 Å². The fraction of sp³-hybridized carbons (Fsp3) is 0.100. The van der Waals surface area contributed by atoms with Gasteiger partial charge in [-0.15, -0.1) is 0 Å². The maximum atomic E-state index is 11.8. The number of aromatic hydroxyl groups is 2. The van der Waals surface area contributed by atoms with Crippen LogP contribution in [0.3, 0.4) is 0 Å². The smallest absolute Gasteiger partial charge is 0.336 e. The molecule has 0 atom stereocenters. The molecule has 140 valence electrons. The number of phenolic OH excluding ortho intramolecular Hbond substituents is 2. The number of aliphatic carboxylic acids is 2. The number of carboxylic acids is 2. The molecule has 0 heterocycles. The summed E-state index contributed by atoms with van der Waals surface area (Å²) in [7, 11) is 1.30. The lowest BCUT2D eigenvalue weighted by Crippen LogP contribution is -2.02. The lowest BCUT2D eigenvalue weighted by atomic mass is 9.98. The Morgan fingerprint density at radius 1 is 1.04 bits per heavy atom. The van der Waals surface area contributed by atoms with Gasteiger partial charge in [-0.3, -0.25) is 0 Å². The standard InChI is InChI=1S/C20H18O7/c1-11-7-12(3-5-16(11)21)9-15(20(25)26)14-8-13(4-6-18(22)23)10-17(27-2)19(14)24/h3-10,21,24H,1-2H3,(H,22,23)(H,25,26)/b6-4+,15-9-. The molecule has 4 N–H and O–H groups in total. The number of hydrogen-bond acceptors (Lipinski definition) is 5. The van der Waals surface area contributed by atoms with Crippen LogP contribution in [0.5, 0.6) is 17.2 Å². The first-order valence-corrected chi connectivity index (χ1v) is 7.80. The van der Waals surface area contributed by atoms with Gasteiger partial charge in [0, 0.05) is 11.6 Å². The summed E-state index contributed by atoms with van der Waals surface area (Å²) in [5.41, 5.74) is 1.16. The second kappa shape index (κ2) is 8.09. The van der Waals surface area contributed by atoms with Crippen molar-refractivity contribution in [1.29, 1.82) is 0 Å². The maximum absolute atomic E-state index is 11.8. The summed E-state index contributed by atoms with van der Waals surface area (Å²) in [6, 6.07) is 7.31. The molecule has 0 saturated heterocycles. The van der Waals surface area contributed by atoms with E-state index in [1.165, 1.54) is 43.5 Å². The lowest BCUT2D eigenvalue weighted by Gasteiger charge is -2.12. The van der Waals surface area contributed by atoms with Crippen molar-refractivity contribution >= 4 is 29.7 Å². The highest BCUT2D eigenvalue weighted by Gasteiger charge is 2.19. The number of carboxylic acid groups (broad SMARTS) is 2. The molecule has 0 unspecified atom stereocenters. The van der Waals surface area contributed by atoms with Gasteiger partial charge in [-0.2, -0.15) is 0 Å². The normalized spacial score (nSPS) is 11.6. The minimum atomic E-state index is -1.29. The van der Waals surface area contributed by atoms with Crippen LogP contribution in [0.4, 0.5) is 0 Å².